The lowest BCUT2D eigenvalue weighted by molar-refractivity contribution is -0.117. The van der Waals surface area contributed by atoms with Crippen molar-refractivity contribution in [1.29, 1.82) is 0 Å². The number of alkyl halides is 4. The Morgan fingerprint density at radius 1 is 1.15 bits per heavy atom. The Bertz CT molecular complexity index is 444. The molecular weight excluding hydrogens is 282 g/mol. The maximum Gasteiger partial charge on any atom is 0.324 e. The van der Waals surface area contributed by atoms with Gasteiger partial charge in [-0.3, -0.25) is 0 Å². The van der Waals surface area contributed by atoms with Gasteiger partial charge in [0.15, 0.2) is 0 Å². The van der Waals surface area contributed by atoms with E-state index in [9.17, 15) is 17.6 Å². The molecule has 1 aromatic rings. The maximum absolute atomic E-state index is 12.8. The topological polar surface area (TPSA) is 72.0 Å². The first kappa shape index (κ1) is 16.2. The highest BCUT2D eigenvalue weighted by atomic mass is 19.3. The SMILES string of the molecule is CNc1nc(NCC(F)(F)C(F)F)nc(OC(C)C)n1. The van der Waals surface area contributed by atoms with Crippen LogP contribution in [-0.2, 0) is 0 Å². The molecule has 0 aliphatic heterocycles. The van der Waals surface area contributed by atoms with Crippen LogP contribution < -0.4 is 15.4 Å². The molecule has 0 saturated carbocycles. The Kier molecular flexibility index (Phi) is 5.28. The number of rotatable bonds is 7. The van der Waals surface area contributed by atoms with Gasteiger partial charge >= 0.3 is 18.4 Å². The van der Waals surface area contributed by atoms with Gasteiger partial charge in [-0.1, -0.05) is 0 Å². The molecule has 0 unspecified atom stereocenters. The Hall–Kier alpha value is -1.87. The third-order valence-corrected chi connectivity index (χ3v) is 1.98. The highest BCUT2D eigenvalue weighted by Gasteiger charge is 2.40. The van der Waals surface area contributed by atoms with Gasteiger partial charge in [-0.15, -0.1) is 0 Å². The van der Waals surface area contributed by atoms with E-state index in [-0.39, 0.29) is 24.0 Å². The van der Waals surface area contributed by atoms with Crippen LogP contribution in [0.25, 0.3) is 0 Å². The number of aromatic nitrogens is 3. The summed E-state index contributed by atoms with van der Waals surface area (Å²) < 4.78 is 54.9. The van der Waals surface area contributed by atoms with Gasteiger partial charge in [-0.05, 0) is 13.8 Å². The molecule has 0 amide bonds. The molecule has 0 spiro atoms. The van der Waals surface area contributed by atoms with Crippen LogP contribution >= 0.6 is 0 Å². The van der Waals surface area contributed by atoms with Gasteiger partial charge in [0, 0.05) is 7.05 Å². The fraction of sp³-hybridized carbons (Fsp3) is 0.700. The molecule has 10 heteroatoms. The van der Waals surface area contributed by atoms with E-state index in [1.165, 1.54) is 7.05 Å². The number of nitrogens with zero attached hydrogens (tertiary/aromatic N) is 3. The van der Waals surface area contributed by atoms with Crippen LogP contribution in [-0.4, -0.2) is 47.0 Å². The lowest BCUT2D eigenvalue weighted by atomic mass is 10.3. The van der Waals surface area contributed by atoms with Crippen molar-refractivity contribution in [2.75, 3.05) is 24.2 Å². The molecular formula is C10H15F4N5O. The van der Waals surface area contributed by atoms with Gasteiger partial charge in [0.25, 0.3) is 0 Å². The van der Waals surface area contributed by atoms with Gasteiger partial charge in [-0.2, -0.15) is 23.7 Å². The molecule has 0 bridgehead atoms. The second-order valence-corrected chi connectivity index (χ2v) is 4.10. The predicted molar refractivity (Wildman–Crippen MR) is 64.6 cm³/mol. The molecule has 0 aromatic carbocycles. The highest BCUT2D eigenvalue weighted by molar-refractivity contribution is 5.35. The number of hydrogen-bond acceptors (Lipinski definition) is 6. The van der Waals surface area contributed by atoms with Crippen molar-refractivity contribution >= 4 is 11.9 Å². The van der Waals surface area contributed by atoms with Crippen LogP contribution in [0.1, 0.15) is 13.8 Å². The van der Waals surface area contributed by atoms with E-state index in [1.54, 1.807) is 13.8 Å². The summed E-state index contributed by atoms with van der Waals surface area (Å²) in [5.41, 5.74) is 0. The Balaban J connectivity index is 2.83. The first-order chi connectivity index (χ1) is 9.24. The number of nitrogens with one attached hydrogen (secondary N) is 2. The minimum absolute atomic E-state index is 0.0681. The molecule has 1 heterocycles. The van der Waals surface area contributed by atoms with Crippen molar-refractivity contribution in [2.45, 2.75) is 32.3 Å². The van der Waals surface area contributed by atoms with E-state index in [4.69, 9.17) is 4.74 Å². The first-order valence-electron chi connectivity index (χ1n) is 5.75. The van der Waals surface area contributed by atoms with Gasteiger partial charge in [0.1, 0.15) is 0 Å². The molecule has 1 aromatic heterocycles. The molecule has 1 rings (SSSR count). The summed E-state index contributed by atoms with van der Waals surface area (Å²) in [6.45, 7) is 2.15. The van der Waals surface area contributed by atoms with Gasteiger partial charge in [0.2, 0.25) is 11.9 Å². The van der Waals surface area contributed by atoms with Gasteiger partial charge in [0.05, 0.1) is 12.6 Å². The summed E-state index contributed by atoms with van der Waals surface area (Å²) >= 11 is 0. The number of ether oxygens (including phenoxy) is 1. The van der Waals surface area contributed by atoms with Crippen LogP contribution in [0.5, 0.6) is 6.01 Å². The van der Waals surface area contributed by atoms with E-state index in [0.29, 0.717) is 0 Å². The lowest BCUT2D eigenvalue weighted by Gasteiger charge is -2.16. The fourth-order valence-electron chi connectivity index (χ4n) is 1.08. The van der Waals surface area contributed by atoms with Crippen molar-refractivity contribution in [2.24, 2.45) is 0 Å². The zero-order valence-electron chi connectivity index (χ0n) is 11.1. The molecule has 6 nitrogen and oxygen atoms in total. The zero-order chi connectivity index (χ0) is 15.3. The zero-order valence-corrected chi connectivity index (χ0v) is 11.1. The fourth-order valence-corrected chi connectivity index (χ4v) is 1.08. The van der Waals surface area contributed by atoms with Crippen LogP contribution in [0.2, 0.25) is 0 Å². The molecule has 0 saturated heterocycles. The molecule has 0 radical (unpaired) electrons. The predicted octanol–water partition coefficient (Wildman–Crippen LogP) is 2.01. The second kappa shape index (κ2) is 6.53. The average molecular weight is 297 g/mol. The number of anilines is 2. The van der Waals surface area contributed by atoms with Crippen molar-refractivity contribution < 1.29 is 22.3 Å². The van der Waals surface area contributed by atoms with E-state index < -0.39 is 18.9 Å². The van der Waals surface area contributed by atoms with Crippen molar-refractivity contribution in [3.05, 3.63) is 0 Å². The first-order valence-corrected chi connectivity index (χ1v) is 5.75. The molecule has 2 N–H and O–H groups in total. The Morgan fingerprint density at radius 3 is 2.25 bits per heavy atom. The molecule has 0 aliphatic carbocycles. The Labute approximate surface area is 113 Å². The summed E-state index contributed by atoms with van der Waals surface area (Å²) in [6.07, 6.45) is -4.01. The summed E-state index contributed by atoms with van der Waals surface area (Å²) in [4.78, 5) is 11.3. The monoisotopic (exact) mass is 297 g/mol. The van der Waals surface area contributed by atoms with Crippen LogP contribution in [0.3, 0.4) is 0 Å². The summed E-state index contributed by atoms with van der Waals surface area (Å²) in [5.74, 6) is -4.38. The standard InChI is InChI=1S/C10H15F4N5O/c1-5(2)20-9-18-7(15-3)17-8(19-9)16-4-10(13,14)6(11)12/h5-6H,4H2,1-3H3,(H2,15,16,17,18,19). The van der Waals surface area contributed by atoms with Crippen LogP contribution in [0.15, 0.2) is 0 Å². The molecule has 0 aliphatic rings. The third-order valence-electron chi connectivity index (χ3n) is 1.98. The second-order valence-electron chi connectivity index (χ2n) is 4.10. The van der Waals surface area contributed by atoms with Gasteiger partial charge < -0.3 is 15.4 Å². The normalized spacial score (nSPS) is 11.8. The third kappa shape index (κ3) is 4.67. The maximum atomic E-state index is 12.8. The summed E-state index contributed by atoms with van der Waals surface area (Å²) in [6, 6.07) is -0.0952. The van der Waals surface area contributed by atoms with Crippen molar-refractivity contribution in [3.63, 3.8) is 0 Å². The minimum Gasteiger partial charge on any atom is -0.461 e. The average Bonchev–Trinajstić information content (AvgIpc) is 2.35. The van der Waals surface area contributed by atoms with Crippen LogP contribution in [0.4, 0.5) is 29.5 Å². The lowest BCUT2D eigenvalue weighted by Crippen LogP contribution is -2.35. The smallest absolute Gasteiger partial charge is 0.324 e. The van der Waals surface area contributed by atoms with E-state index >= 15 is 0 Å². The quantitative estimate of drug-likeness (QED) is 0.750. The molecule has 114 valence electrons. The summed E-state index contributed by atoms with van der Waals surface area (Å²) in [7, 11) is 1.51. The minimum atomic E-state index is -4.18. The highest BCUT2D eigenvalue weighted by Crippen LogP contribution is 2.23. The molecule has 0 atom stereocenters. The largest absolute Gasteiger partial charge is 0.461 e. The molecule has 20 heavy (non-hydrogen) atoms. The van der Waals surface area contributed by atoms with Gasteiger partial charge in [-0.25, -0.2) is 8.78 Å². The Morgan fingerprint density at radius 2 is 1.75 bits per heavy atom. The van der Waals surface area contributed by atoms with Crippen molar-refractivity contribution in [1.82, 2.24) is 15.0 Å². The van der Waals surface area contributed by atoms with E-state index in [0.717, 1.165) is 0 Å². The number of hydrogen-bond donors (Lipinski definition) is 2. The molecule has 0 fully saturated rings. The van der Waals surface area contributed by atoms with Crippen LogP contribution in [0, 0.1) is 0 Å². The van der Waals surface area contributed by atoms with E-state index in [2.05, 4.69) is 20.3 Å². The van der Waals surface area contributed by atoms with E-state index in [1.807, 2.05) is 5.32 Å². The number of halogens is 4. The van der Waals surface area contributed by atoms with Crippen molar-refractivity contribution in [3.8, 4) is 6.01 Å². The summed E-state index contributed by atoms with van der Waals surface area (Å²) in [5, 5.41) is 4.63.